The Bertz CT molecular complexity index is 924. The van der Waals surface area contributed by atoms with Crippen LogP contribution in [-0.4, -0.2) is 26.3 Å². The molecule has 2 amide bonds. The molecule has 3 N–H and O–H groups in total. The van der Waals surface area contributed by atoms with Gasteiger partial charge in [-0.25, -0.2) is 8.42 Å². The molecule has 0 aliphatic heterocycles. The molecule has 1 unspecified atom stereocenters. The lowest BCUT2D eigenvalue weighted by atomic mass is 10.1. The summed E-state index contributed by atoms with van der Waals surface area (Å²) in [7, 11) is -3.89. The van der Waals surface area contributed by atoms with Crippen molar-refractivity contribution in [1.29, 1.82) is 0 Å². The Morgan fingerprint density at radius 1 is 1.04 bits per heavy atom. The van der Waals surface area contributed by atoms with Crippen LogP contribution in [0.1, 0.15) is 37.6 Å². The largest absolute Gasteiger partial charge is 0.350 e. The highest BCUT2D eigenvalue weighted by molar-refractivity contribution is 7.92. The molecule has 1 atom stereocenters. The van der Waals surface area contributed by atoms with Crippen LogP contribution in [-0.2, 0) is 14.8 Å². The van der Waals surface area contributed by atoms with Crippen molar-refractivity contribution in [2.24, 2.45) is 0 Å². The van der Waals surface area contributed by atoms with Gasteiger partial charge in [0, 0.05) is 18.7 Å². The van der Waals surface area contributed by atoms with Crippen LogP contribution in [0.5, 0.6) is 0 Å². The number of anilines is 2. The third-order valence-electron chi connectivity index (χ3n) is 3.89. The molecule has 0 aliphatic rings. The third-order valence-corrected chi connectivity index (χ3v) is 5.27. The van der Waals surface area contributed by atoms with Crippen molar-refractivity contribution >= 4 is 33.2 Å². The second kappa shape index (κ2) is 8.68. The van der Waals surface area contributed by atoms with Crippen LogP contribution in [0.15, 0.2) is 53.4 Å². The quantitative estimate of drug-likeness (QED) is 0.677. The second-order valence-corrected chi connectivity index (χ2v) is 7.82. The molecular weight excluding hydrogens is 366 g/mol. The van der Waals surface area contributed by atoms with Crippen molar-refractivity contribution in [2.75, 3.05) is 10.0 Å². The first-order chi connectivity index (χ1) is 12.7. The van der Waals surface area contributed by atoms with E-state index >= 15 is 0 Å². The van der Waals surface area contributed by atoms with Gasteiger partial charge in [-0.1, -0.05) is 19.1 Å². The van der Waals surface area contributed by atoms with E-state index in [1.165, 1.54) is 37.3 Å². The molecule has 27 heavy (non-hydrogen) atoms. The van der Waals surface area contributed by atoms with Gasteiger partial charge < -0.3 is 10.6 Å². The lowest BCUT2D eigenvalue weighted by Crippen LogP contribution is -2.32. The van der Waals surface area contributed by atoms with Gasteiger partial charge in [0.25, 0.3) is 15.9 Å². The van der Waals surface area contributed by atoms with Crippen molar-refractivity contribution in [3.05, 3.63) is 54.1 Å². The highest BCUT2D eigenvalue weighted by atomic mass is 32.2. The van der Waals surface area contributed by atoms with Crippen LogP contribution >= 0.6 is 0 Å². The lowest BCUT2D eigenvalue weighted by Gasteiger charge is -2.15. The minimum absolute atomic E-state index is 0.0220. The summed E-state index contributed by atoms with van der Waals surface area (Å²) in [4.78, 5) is 23.5. The van der Waals surface area contributed by atoms with Crippen LogP contribution in [0.25, 0.3) is 0 Å². The summed E-state index contributed by atoms with van der Waals surface area (Å²) in [5.41, 5.74) is 0.940. The number of carbonyl (C=O) groups is 2. The SMILES string of the molecule is CCC(C)NC(=O)c1ccccc1NS(=O)(=O)c1ccc(NC(C)=O)cc1. The molecule has 0 aromatic heterocycles. The number of benzene rings is 2. The lowest BCUT2D eigenvalue weighted by molar-refractivity contribution is -0.114. The van der Waals surface area contributed by atoms with Gasteiger partial charge in [-0.15, -0.1) is 0 Å². The molecule has 0 bridgehead atoms. The monoisotopic (exact) mass is 389 g/mol. The van der Waals surface area contributed by atoms with E-state index in [4.69, 9.17) is 0 Å². The van der Waals surface area contributed by atoms with Crippen LogP contribution in [0.3, 0.4) is 0 Å². The fourth-order valence-corrected chi connectivity index (χ4v) is 3.38. The van der Waals surface area contributed by atoms with Crippen LogP contribution in [0.4, 0.5) is 11.4 Å². The highest BCUT2D eigenvalue weighted by Gasteiger charge is 2.19. The maximum absolute atomic E-state index is 12.7. The van der Waals surface area contributed by atoms with Gasteiger partial charge in [-0.05, 0) is 49.7 Å². The molecule has 0 heterocycles. The maximum atomic E-state index is 12.7. The molecule has 0 radical (unpaired) electrons. The Balaban J connectivity index is 2.25. The highest BCUT2D eigenvalue weighted by Crippen LogP contribution is 2.21. The Kier molecular flexibility index (Phi) is 6.57. The van der Waals surface area contributed by atoms with Gasteiger partial charge in [0.2, 0.25) is 5.91 Å². The molecule has 144 valence electrons. The number of amides is 2. The molecule has 0 saturated carbocycles. The number of rotatable bonds is 7. The number of hydrogen-bond donors (Lipinski definition) is 3. The summed E-state index contributed by atoms with van der Waals surface area (Å²) in [5, 5.41) is 5.40. The van der Waals surface area contributed by atoms with E-state index in [2.05, 4.69) is 15.4 Å². The van der Waals surface area contributed by atoms with E-state index in [9.17, 15) is 18.0 Å². The van der Waals surface area contributed by atoms with Crippen molar-refractivity contribution in [3.63, 3.8) is 0 Å². The first-order valence-corrected chi connectivity index (χ1v) is 10.0. The van der Waals surface area contributed by atoms with E-state index in [1.54, 1.807) is 18.2 Å². The van der Waals surface area contributed by atoms with Crippen LogP contribution in [0.2, 0.25) is 0 Å². The fourth-order valence-electron chi connectivity index (χ4n) is 2.30. The Morgan fingerprint density at radius 3 is 2.26 bits per heavy atom. The minimum atomic E-state index is -3.89. The molecule has 0 fully saturated rings. The van der Waals surface area contributed by atoms with Gasteiger partial charge in [-0.2, -0.15) is 0 Å². The van der Waals surface area contributed by atoms with Gasteiger partial charge in [-0.3, -0.25) is 14.3 Å². The molecular formula is C19H23N3O4S. The van der Waals surface area contributed by atoms with Crippen molar-refractivity contribution in [2.45, 2.75) is 38.1 Å². The Morgan fingerprint density at radius 2 is 1.67 bits per heavy atom. The predicted molar refractivity (Wildman–Crippen MR) is 105 cm³/mol. The minimum Gasteiger partial charge on any atom is -0.350 e. The maximum Gasteiger partial charge on any atom is 0.261 e. The first kappa shape index (κ1) is 20.4. The molecule has 2 aromatic rings. The molecule has 7 nitrogen and oxygen atoms in total. The average Bonchev–Trinajstić information content (AvgIpc) is 2.61. The fraction of sp³-hybridized carbons (Fsp3) is 0.263. The zero-order valence-electron chi connectivity index (χ0n) is 15.4. The van der Waals surface area contributed by atoms with Crippen LogP contribution in [0, 0.1) is 0 Å². The number of sulfonamides is 1. The summed E-state index contributed by atoms with van der Waals surface area (Å²) >= 11 is 0. The Labute approximate surface area is 159 Å². The number of nitrogens with one attached hydrogen (secondary N) is 3. The summed E-state index contributed by atoms with van der Waals surface area (Å²) in [6, 6.07) is 12.2. The molecule has 0 aliphatic carbocycles. The number of hydrogen-bond acceptors (Lipinski definition) is 4. The van der Waals surface area contributed by atoms with E-state index in [0.29, 0.717) is 5.69 Å². The first-order valence-electron chi connectivity index (χ1n) is 8.53. The summed E-state index contributed by atoms with van der Waals surface area (Å²) in [6.07, 6.45) is 0.764. The van der Waals surface area contributed by atoms with Gasteiger partial charge >= 0.3 is 0 Å². The molecule has 2 aromatic carbocycles. The third kappa shape index (κ3) is 5.55. The van der Waals surface area contributed by atoms with E-state index in [-0.39, 0.29) is 34.0 Å². The molecule has 8 heteroatoms. The standard InChI is InChI=1S/C19H23N3O4S/c1-4-13(2)20-19(24)17-7-5-6-8-18(17)22-27(25,26)16-11-9-15(10-12-16)21-14(3)23/h5-13,22H,4H2,1-3H3,(H,20,24)(H,21,23). The topological polar surface area (TPSA) is 104 Å². The number of para-hydroxylation sites is 1. The molecule has 2 rings (SSSR count). The summed E-state index contributed by atoms with van der Waals surface area (Å²) in [6.45, 7) is 5.19. The van der Waals surface area contributed by atoms with E-state index in [1.807, 2.05) is 13.8 Å². The van der Waals surface area contributed by atoms with Gasteiger partial charge in [0.15, 0.2) is 0 Å². The zero-order chi connectivity index (χ0) is 20.0. The normalized spacial score (nSPS) is 12.1. The zero-order valence-corrected chi connectivity index (χ0v) is 16.3. The second-order valence-electron chi connectivity index (χ2n) is 6.14. The van der Waals surface area contributed by atoms with E-state index < -0.39 is 10.0 Å². The molecule has 0 spiro atoms. The smallest absolute Gasteiger partial charge is 0.261 e. The average molecular weight is 389 g/mol. The van der Waals surface area contributed by atoms with Crippen molar-refractivity contribution < 1.29 is 18.0 Å². The van der Waals surface area contributed by atoms with Crippen LogP contribution < -0.4 is 15.4 Å². The van der Waals surface area contributed by atoms with Crippen molar-refractivity contribution in [3.8, 4) is 0 Å². The molecule has 0 saturated heterocycles. The summed E-state index contributed by atoms with van der Waals surface area (Å²) in [5.74, 6) is -0.589. The van der Waals surface area contributed by atoms with Crippen molar-refractivity contribution in [1.82, 2.24) is 5.32 Å². The summed E-state index contributed by atoms with van der Waals surface area (Å²) < 4.78 is 27.8. The van der Waals surface area contributed by atoms with E-state index in [0.717, 1.165) is 6.42 Å². The predicted octanol–water partition coefficient (Wildman–Crippen LogP) is 2.97. The Hall–Kier alpha value is -2.87. The van der Waals surface area contributed by atoms with Gasteiger partial charge in [0.05, 0.1) is 16.1 Å². The number of carbonyl (C=O) groups excluding carboxylic acids is 2. The van der Waals surface area contributed by atoms with Gasteiger partial charge in [0.1, 0.15) is 0 Å².